The van der Waals surface area contributed by atoms with Crippen LogP contribution in [-0.2, 0) is 0 Å². The van der Waals surface area contributed by atoms with Crippen LogP contribution in [-0.4, -0.2) is 12.6 Å². The number of carbonyl (C=O) groups is 2. The second-order valence-electron chi connectivity index (χ2n) is 1.84. The number of rotatable bonds is 2. The van der Waals surface area contributed by atoms with Crippen molar-refractivity contribution >= 4 is 12.6 Å². The zero-order chi connectivity index (χ0) is 7.40. The average Bonchev–Trinajstić information content (AvgIpc) is 2.05. The van der Waals surface area contributed by atoms with E-state index < -0.39 is 0 Å². The molecule has 0 aromatic heterocycles. The number of hydrogen-bond acceptors (Lipinski definition) is 2. The summed E-state index contributed by atoms with van der Waals surface area (Å²) in [6, 6.07) is 7.23. The van der Waals surface area contributed by atoms with E-state index in [-0.39, 0.29) is 0 Å². The summed E-state index contributed by atoms with van der Waals surface area (Å²) >= 11 is 0. The summed E-state index contributed by atoms with van der Waals surface area (Å²) in [7, 11) is 0. The van der Waals surface area contributed by atoms with E-state index in [9.17, 15) is 9.59 Å². The zero-order valence-corrected chi connectivity index (χ0v) is 5.20. The third kappa shape index (κ3) is 1.29. The molecule has 49 valence electrons. The molecule has 1 rings (SSSR count). The number of carbonyl (C=O) groups excluding carboxylic acids is 2. The first-order chi connectivity index (χ1) is 4.86. The summed E-state index contributed by atoms with van der Waals surface area (Å²) in [4.78, 5) is 20.3. The van der Waals surface area contributed by atoms with Crippen molar-refractivity contribution in [1.29, 1.82) is 0 Å². The van der Waals surface area contributed by atoms with Gasteiger partial charge in [0.15, 0.2) is 0 Å². The molecule has 2 heteroatoms. The molecule has 0 fully saturated rings. The van der Waals surface area contributed by atoms with Gasteiger partial charge >= 0.3 is 0 Å². The molecule has 0 amide bonds. The fourth-order valence-corrected chi connectivity index (χ4v) is 0.646. The Kier molecular flexibility index (Phi) is 1.95. The molecule has 0 aliphatic heterocycles. The first-order valence-corrected chi connectivity index (χ1v) is 2.78. The molecule has 0 saturated carbocycles. The van der Waals surface area contributed by atoms with Crippen LogP contribution in [0.25, 0.3) is 0 Å². The summed E-state index contributed by atoms with van der Waals surface area (Å²) in [6.07, 6.45) is 1.37. The standard InChI is InChI=1S/C8H5O2/c9-5-7-2-1-3-8(4-7)6-10/h2-6H. The summed E-state index contributed by atoms with van der Waals surface area (Å²) in [5, 5.41) is 0. The predicted molar refractivity (Wildman–Crippen MR) is 36.1 cm³/mol. The van der Waals surface area contributed by atoms with E-state index in [4.69, 9.17) is 0 Å². The van der Waals surface area contributed by atoms with Gasteiger partial charge in [-0.2, -0.15) is 0 Å². The van der Waals surface area contributed by atoms with Gasteiger partial charge in [0.1, 0.15) is 12.6 Å². The molecule has 0 unspecified atom stereocenters. The summed E-state index contributed by atoms with van der Waals surface area (Å²) in [5.41, 5.74) is 0.953. The molecule has 2 nitrogen and oxygen atoms in total. The molecule has 1 radical (unpaired) electrons. The number of aldehydes is 2. The SMILES string of the molecule is O=Cc1c[c]cc(C=O)c1. The van der Waals surface area contributed by atoms with Crippen molar-refractivity contribution in [2.24, 2.45) is 0 Å². The first-order valence-electron chi connectivity index (χ1n) is 2.78. The van der Waals surface area contributed by atoms with E-state index in [1.165, 1.54) is 18.2 Å². The van der Waals surface area contributed by atoms with Gasteiger partial charge in [-0.25, -0.2) is 0 Å². The van der Waals surface area contributed by atoms with Crippen LogP contribution in [0, 0.1) is 6.07 Å². The quantitative estimate of drug-likeness (QED) is 0.566. The lowest BCUT2D eigenvalue weighted by Gasteiger charge is -1.88. The van der Waals surface area contributed by atoms with Crippen molar-refractivity contribution in [3.8, 4) is 0 Å². The fourth-order valence-electron chi connectivity index (χ4n) is 0.646. The largest absolute Gasteiger partial charge is 0.298 e. The van der Waals surface area contributed by atoms with Crippen LogP contribution >= 0.6 is 0 Å². The van der Waals surface area contributed by atoms with E-state index in [1.54, 1.807) is 0 Å². The molecule has 0 N–H and O–H groups in total. The second kappa shape index (κ2) is 2.92. The Labute approximate surface area is 58.5 Å². The van der Waals surface area contributed by atoms with Gasteiger partial charge in [0.25, 0.3) is 0 Å². The molecular weight excluding hydrogens is 128 g/mol. The molecule has 0 aliphatic rings. The van der Waals surface area contributed by atoms with Crippen LogP contribution in [0.1, 0.15) is 20.7 Å². The minimum atomic E-state index is 0.476. The lowest BCUT2D eigenvalue weighted by molar-refractivity contribution is 0.112. The third-order valence-electron chi connectivity index (χ3n) is 1.11. The summed E-state index contributed by atoms with van der Waals surface area (Å²) < 4.78 is 0. The summed E-state index contributed by atoms with van der Waals surface area (Å²) in [6.45, 7) is 0. The highest BCUT2D eigenvalue weighted by atomic mass is 16.1. The molecule has 10 heavy (non-hydrogen) atoms. The summed E-state index contributed by atoms with van der Waals surface area (Å²) in [5.74, 6) is 0. The molecule has 0 atom stereocenters. The van der Waals surface area contributed by atoms with Gasteiger partial charge in [-0.05, 0) is 24.3 Å². The monoisotopic (exact) mass is 133 g/mol. The average molecular weight is 133 g/mol. The van der Waals surface area contributed by atoms with Crippen molar-refractivity contribution in [3.63, 3.8) is 0 Å². The van der Waals surface area contributed by atoms with E-state index >= 15 is 0 Å². The second-order valence-corrected chi connectivity index (χ2v) is 1.84. The van der Waals surface area contributed by atoms with Gasteiger partial charge in [0.05, 0.1) is 0 Å². The topological polar surface area (TPSA) is 34.1 Å². The van der Waals surface area contributed by atoms with Crippen molar-refractivity contribution in [1.82, 2.24) is 0 Å². The fraction of sp³-hybridized carbons (Fsp3) is 0. The van der Waals surface area contributed by atoms with Crippen LogP contribution < -0.4 is 0 Å². The van der Waals surface area contributed by atoms with Crippen LogP contribution in [0.15, 0.2) is 18.2 Å². The molecular formula is C8H5O2. The lowest BCUT2D eigenvalue weighted by atomic mass is 10.2. The van der Waals surface area contributed by atoms with Crippen molar-refractivity contribution in [3.05, 3.63) is 35.4 Å². The van der Waals surface area contributed by atoms with Gasteiger partial charge in [-0.15, -0.1) is 0 Å². The van der Waals surface area contributed by atoms with E-state index in [0.717, 1.165) is 0 Å². The zero-order valence-electron chi connectivity index (χ0n) is 5.20. The molecule has 1 aromatic carbocycles. The Morgan fingerprint density at radius 3 is 2.00 bits per heavy atom. The maximum absolute atomic E-state index is 10.1. The van der Waals surface area contributed by atoms with Crippen molar-refractivity contribution < 1.29 is 9.59 Å². The van der Waals surface area contributed by atoms with Crippen LogP contribution in [0.5, 0.6) is 0 Å². The van der Waals surface area contributed by atoms with Gasteiger partial charge in [-0.3, -0.25) is 9.59 Å². The molecule has 1 aromatic rings. The molecule has 0 aliphatic carbocycles. The number of hydrogen-bond donors (Lipinski definition) is 0. The van der Waals surface area contributed by atoms with Gasteiger partial charge < -0.3 is 0 Å². The van der Waals surface area contributed by atoms with E-state index in [1.807, 2.05) is 0 Å². The van der Waals surface area contributed by atoms with Crippen molar-refractivity contribution in [2.75, 3.05) is 0 Å². The van der Waals surface area contributed by atoms with Gasteiger partial charge in [0.2, 0.25) is 0 Å². The third-order valence-corrected chi connectivity index (χ3v) is 1.11. The molecule has 0 spiro atoms. The Morgan fingerprint density at radius 1 is 1.10 bits per heavy atom. The Balaban J connectivity index is 3.09. The predicted octanol–water partition coefficient (Wildman–Crippen LogP) is 1.11. The van der Waals surface area contributed by atoms with Crippen LogP contribution in [0.4, 0.5) is 0 Å². The molecule has 0 bridgehead atoms. The maximum Gasteiger partial charge on any atom is 0.150 e. The normalized spacial score (nSPS) is 8.80. The first kappa shape index (κ1) is 6.68. The van der Waals surface area contributed by atoms with Crippen LogP contribution in [0.3, 0.4) is 0 Å². The minimum absolute atomic E-state index is 0.476. The number of benzene rings is 1. The highest BCUT2D eigenvalue weighted by Crippen LogP contribution is 1.98. The Hall–Kier alpha value is -1.44. The highest BCUT2D eigenvalue weighted by molar-refractivity contribution is 5.81. The molecule has 0 heterocycles. The Bertz CT molecular complexity index is 230. The highest BCUT2D eigenvalue weighted by Gasteiger charge is 1.90. The van der Waals surface area contributed by atoms with E-state index in [0.29, 0.717) is 23.7 Å². The molecule has 0 saturated heterocycles. The Morgan fingerprint density at radius 2 is 1.60 bits per heavy atom. The van der Waals surface area contributed by atoms with Crippen molar-refractivity contribution in [2.45, 2.75) is 0 Å². The van der Waals surface area contributed by atoms with Crippen LogP contribution in [0.2, 0.25) is 0 Å². The smallest absolute Gasteiger partial charge is 0.150 e. The van der Waals surface area contributed by atoms with E-state index in [2.05, 4.69) is 6.07 Å². The van der Waals surface area contributed by atoms with Gasteiger partial charge in [-0.1, -0.05) is 0 Å². The van der Waals surface area contributed by atoms with Gasteiger partial charge in [0, 0.05) is 11.1 Å². The maximum atomic E-state index is 10.1. The lowest BCUT2D eigenvalue weighted by Crippen LogP contribution is -1.83. The minimum Gasteiger partial charge on any atom is -0.298 e.